The molecule has 0 unspecified atom stereocenters. The molecule has 2 nitrogen and oxygen atoms in total. The number of alkyl halides is 3. The van der Waals surface area contributed by atoms with Crippen LogP contribution in [0.4, 0.5) is 18.9 Å². The fourth-order valence-electron chi connectivity index (χ4n) is 1.69. The van der Waals surface area contributed by atoms with E-state index in [9.17, 15) is 18.0 Å². The molecule has 1 heterocycles. The minimum atomic E-state index is -4.82. The SMILES string of the molecule is O=C(N1CCCSc2ccccc21)C(F)(F)F. The van der Waals surface area contributed by atoms with E-state index in [0.29, 0.717) is 12.1 Å². The maximum Gasteiger partial charge on any atom is 0.471 e. The summed E-state index contributed by atoms with van der Waals surface area (Å²) in [4.78, 5) is 12.9. The van der Waals surface area contributed by atoms with Crippen molar-refractivity contribution in [2.45, 2.75) is 17.5 Å². The van der Waals surface area contributed by atoms with Crippen molar-refractivity contribution in [3.63, 3.8) is 0 Å². The summed E-state index contributed by atoms with van der Waals surface area (Å²) in [6, 6.07) is 6.69. The van der Waals surface area contributed by atoms with Crippen LogP contribution in [0, 0.1) is 0 Å². The largest absolute Gasteiger partial charge is 0.471 e. The number of para-hydroxylation sites is 1. The van der Waals surface area contributed by atoms with Crippen molar-refractivity contribution < 1.29 is 18.0 Å². The Morgan fingerprint density at radius 3 is 2.71 bits per heavy atom. The van der Waals surface area contributed by atoms with Crippen LogP contribution in [0.15, 0.2) is 29.2 Å². The molecule has 1 aromatic rings. The first-order chi connectivity index (χ1) is 8.00. The molecule has 1 amide bonds. The number of anilines is 1. The minimum Gasteiger partial charge on any atom is -0.303 e. The molecular formula is C11H10F3NOS. The standard InChI is InChI=1S/C11H10F3NOS/c12-11(13,14)10(16)15-6-3-7-17-9-5-2-1-4-8(9)15/h1-2,4-5H,3,6-7H2. The molecule has 0 aromatic heterocycles. The molecule has 6 heteroatoms. The molecule has 0 radical (unpaired) electrons. The Balaban J connectivity index is 2.38. The van der Waals surface area contributed by atoms with E-state index in [-0.39, 0.29) is 6.54 Å². The van der Waals surface area contributed by atoms with Crippen LogP contribution >= 0.6 is 11.8 Å². The number of nitrogens with zero attached hydrogens (tertiary/aromatic N) is 1. The van der Waals surface area contributed by atoms with Crippen LogP contribution in [0.2, 0.25) is 0 Å². The third kappa shape index (κ3) is 2.57. The van der Waals surface area contributed by atoms with Gasteiger partial charge in [0.25, 0.3) is 0 Å². The van der Waals surface area contributed by atoms with Crippen molar-refractivity contribution in [1.29, 1.82) is 0 Å². The minimum absolute atomic E-state index is 0.113. The monoisotopic (exact) mass is 261 g/mol. The van der Waals surface area contributed by atoms with Crippen LogP contribution < -0.4 is 4.90 Å². The summed E-state index contributed by atoms with van der Waals surface area (Å²) in [5, 5.41) is 0. The lowest BCUT2D eigenvalue weighted by molar-refractivity contribution is -0.170. The van der Waals surface area contributed by atoms with Gasteiger partial charge in [-0.3, -0.25) is 4.79 Å². The summed E-state index contributed by atoms with van der Waals surface area (Å²) in [5.41, 5.74) is 0.359. The maximum atomic E-state index is 12.5. The molecule has 0 saturated heterocycles. The van der Waals surface area contributed by atoms with E-state index in [0.717, 1.165) is 15.5 Å². The molecule has 0 spiro atoms. The molecule has 1 aliphatic heterocycles. The van der Waals surface area contributed by atoms with Crippen molar-refractivity contribution >= 4 is 23.4 Å². The highest BCUT2D eigenvalue weighted by Crippen LogP contribution is 2.35. The van der Waals surface area contributed by atoms with Crippen LogP contribution in [0.5, 0.6) is 0 Å². The third-order valence-corrected chi connectivity index (χ3v) is 3.58. The summed E-state index contributed by atoms with van der Waals surface area (Å²) in [6.45, 7) is 0.113. The number of benzene rings is 1. The topological polar surface area (TPSA) is 20.3 Å². The number of thioether (sulfide) groups is 1. The average molecular weight is 261 g/mol. The number of fused-ring (bicyclic) bond motifs is 1. The van der Waals surface area contributed by atoms with Gasteiger partial charge in [0.15, 0.2) is 0 Å². The zero-order valence-corrected chi connectivity index (χ0v) is 9.64. The zero-order chi connectivity index (χ0) is 12.5. The summed E-state index contributed by atoms with van der Waals surface area (Å²) < 4.78 is 37.4. The first-order valence-corrected chi connectivity index (χ1v) is 6.09. The Hall–Kier alpha value is -1.17. The van der Waals surface area contributed by atoms with Crippen LogP contribution in [-0.4, -0.2) is 24.4 Å². The van der Waals surface area contributed by atoms with Crippen molar-refractivity contribution in [1.82, 2.24) is 0 Å². The molecular weight excluding hydrogens is 251 g/mol. The van der Waals surface area contributed by atoms with Gasteiger partial charge in [0.2, 0.25) is 0 Å². The number of carbonyl (C=O) groups is 1. The lowest BCUT2D eigenvalue weighted by atomic mass is 10.2. The Bertz CT molecular complexity index is 433. The van der Waals surface area contributed by atoms with E-state index < -0.39 is 12.1 Å². The van der Waals surface area contributed by atoms with Crippen molar-refractivity contribution in [2.75, 3.05) is 17.2 Å². The fraction of sp³-hybridized carbons (Fsp3) is 0.364. The number of carbonyl (C=O) groups excluding carboxylic acids is 1. The van der Waals surface area contributed by atoms with Gasteiger partial charge in [-0.1, -0.05) is 12.1 Å². The quantitative estimate of drug-likeness (QED) is 0.715. The average Bonchev–Trinajstić information content (AvgIpc) is 2.48. The molecule has 0 saturated carbocycles. The molecule has 17 heavy (non-hydrogen) atoms. The molecule has 0 fully saturated rings. The van der Waals surface area contributed by atoms with Crippen molar-refractivity contribution in [2.24, 2.45) is 0 Å². The van der Waals surface area contributed by atoms with Gasteiger partial charge in [-0.15, -0.1) is 11.8 Å². The molecule has 2 rings (SSSR count). The highest BCUT2D eigenvalue weighted by Gasteiger charge is 2.43. The van der Waals surface area contributed by atoms with Gasteiger partial charge >= 0.3 is 12.1 Å². The summed E-state index contributed by atoms with van der Waals surface area (Å²) in [7, 11) is 0. The fourth-order valence-corrected chi connectivity index (χ4v) is 2.69. The number of halogens is 3. The normalized spacial score (nSPS) is 16.3. The van der Waals surface area contributed by atoms with E-state index in [2.05, 4.69) is 0 Å². The van der Waals surface area contributed by atoms with E-state index in [1.807, 2.05) is 0 Å². The molecule has 0 atom stereocenters. The number of rotatable bonds is 0. The first kappa shape index (κ1) is 12.3. The Morgan fingerprint density at radius 1 is 1.29 bits per heavy atom. The number of amides is 1. The first-order valence-electron chi connectivity index (χ1n) is 5.10. The summed E-state index contributed by atoms with van der Waals surface area (Å²) in [6.07, 6.45) is -4.26. The van der Waals surface area contributed by atoms with Gasteiger partial charge in [0.1, 0.15) is 0 Å². The molecule has 92 valence electrons. The Morgan fingerprint density at radius 2 is 2.00 bits per heavy atom. The van der Waals surface area contributed by atoms with E-state index in [1.165, 1.54) is 11.8 Å². The van der Waals surface area contributed by atoms with Gasteiger partial charge in [-0.2, -0.15) is 13.2 Å². The van der Waals surface area contributed by atoms with Crippen molar-refractivity contribution in [3.05, 3.63) is 24.3 Å². The predicted molar refractivity (Wildman–Crippen MR) is 60.2 cm³/mol. The van der Waals surface area contributed by atoms with Crippen LogP contribution in [-0.2, 0) is 4.79 Å². The Kier molecular flexibility index (Phi) is 3.33. The van der Waals surface area contributed by atoms with E-state index in [4.69, 9.17) is 0 Å². The lowest BCUT2D eigenvalue weighted by Crippen LogP contribution is -2.41. The van der Waals surface area contributed by atoms with Gasteiger partial charge in [-0.25, -0.2) is 0 Å². The lowest BCUT2D eigenvalue weighted by Gasteiger charge is -2.23. The highest BCUT2D eigenvalue weighted by molar-refractivity contribution is 7.99. The zero-order valence-electron chi connectivity index (χ0n) is 8.83. The molecule has 1 aromatic carbocycles. The smallest absolute Gasteiger partial charge is 0.303 e. The van der Waals surface area contributed by atoms with Crippen LogP contribution in [0.1, 0.15) is 6.42 Å². The molecule has 0 aliphatic carbocycles. The molecule has 1 aliphatic rings. The van der Waals surface area contributed by atoms with E-state index >= 15 is 0 Å². The van der Waals surface area contributed by atoms with Gasteiger partial charge < -0.3 is 4.90 Å². The number of hydrogen-bond donors (Lipinski definition) is 0. The third-order valence-electron chi connectivity index (χ3n) is 2.43. The highest BCUT2D eigenvalue weighted by atomic mass is 32.2. The second-order valence-electron chi connectivity index (χ2n) is 3.62. The van der Waals surface area contributed by atoms with Crippen LogP contribution in [0.25, 0.3) is 0 Å². The van der Waals surface area contributed by atoms with Gasteiger partial charge in [0, 0.05) is 11.4 Å². The second-order valence-corrected chi connectivity index (χ2v) is 4.76. The molecule has 0 bridgehead atoms. The van der Waals surface area contributed by atoms with Crippen LogP contribution in [0.3, 0.4) is 0 Å². The van der Waals surface area contributed by atoms with Gasteiger partial charge in [0.05, 0.1) is 5.69 Å². The van der Waals surface area contributed by atoms with Gasteiger partial charge in [-0.05, 0) is 24.3 Å². The van der Waals surface area contributed by atoms with Crippen molar-refractivity contribution in [3.8, 4) is 0 Å². The maximum absolute atomic E-state index is 12.5. The second kappa shape index (κ2) is 4.60. The predicted octanol–water partition coefficient (Wildman–Crippen LogP) is 3.08. The number of hydrogen-bond acceptors (Lipinski definition) is 2. The summed E-state index contributed by atoms with van der Waals surface area (Å²) in [5.74, 6) is -1.06. The summed E-state index contributed by atoms with van der Waals surface area (Å²) >= 11 is 1.48. The molecule has 0 N–H and O–H groups in total. The Labute approximate surface area is 101 Å². The van der Waals surface area contributed by atoms with E-state index in [1.54, 1.807) is 24.3 Å².